The van der Waals surface area contributed by atoms with Crippen molar-refractivity contribution in [1.82, 2.24) is 9.55 Å². The Bertz CT molecular complexity index is 1700. The Hall–Kier alpha value is -4.09. The average Bonchev–Trinajstić information content (AvgIpc) is 3.54. The molecule has 12 heteroatoms. The lowest BCUT2D eigenvalue weighted by molar-refractivity contribution is -0.140. The van der Waals surface area contributed by atoms with Gasteiger partial charge in [0.1, 0.15) is 30.0 Å². The number of para-hydroxylation sites is 1. The van der Waals surface area contributed by atoms with Gasteiger partial charge in [-0.3, -0.25) is 0 Å². The van der Waals surface area contributed by atoms with E-state index >= 15 is 0 Å². The first-order valence-electron chi connectivity index (χ1n) is 12.2. The number of ether oxygens (including phenoxy) is 2. The lowest BCUT2D eigenvalue weighted by Crippen LogP contribution is -2.14. The monoisotopic (exact) mass is 604 g/mol. The van der Waals surface area contributed by atoms with Crippen molar-refractivity contribution in [2.24, 2.45) is 0 Å². The summed E-state index contributed by atoms with van der Waals surface area (Å²) in [4.78, 5) is 16.6. The van der Waals surface area contributed by atoms with E-state index in [4.69, 9.17) is 21.1 Å². The first-order valence-corrected chi connectivity index (χ1v) is 13.4. The van der Waals surface area contributed by atoms with Gasteiger partial charge in [0.05, 0.1) is 21.2 Å². The second-order valence-corrected chi connectivity index (χ2v) is 10.5. The van der Waals surface area contributed by atoms with Crippen LogP contribution in [0.2, 0.25) is 5.02 Å². The van der Waals surface area contributed by atoms with Gasteiger partial charge in [0.15, 0.2) is 11.6 Å². The molecule has 6 nitrogen and oxygen atoms in total. The summed E-state index contributed by atoms with van der Waals surface area (Å²) >= 11 is 7.29. The molecule has 3 aromatic carbocycles. The fourth-order valence-electron chi connectivity index (χ4n) is 4.13. The van der Waals surface area contributed by atoms with Crippen LogP contribution in [0.4, 0.5) is 17.6 Å². The van der Waals surface area contributed by atoms with Crippen LogP contribution >= 0.6 is 22.9 Å². The molecule has 0 unspecified atom stereocenters. The van der Waals surface area contributed by atoms with Crippen molar-refractivity contribution in [1.29, 1.82) is 0 Å². The summed E-state index contributed by atoms with van der Waals surface area (Å²) in [5.41, 5.74) is 0.827. The first kappa shape index (κ1) is 28.4. The van der Waals surface area contributed by atoms with Crippen LogP contribution in [-0.4, -0.2) is 20.6 Å². The van der Waals surface area contributed by atoms with Crippen molar-refractivity contribution < 1.29 is 36.9 Å². The number of halogens is 5. The lowest BCUT2D eigenvalue weighted by atomic mass is 10.1. The van der Waals surface area contributed by atoms with Gasteiger partial charge >= 0.3 is 12.1 Å². The topological polar surface area (TPSA) is 73.6 Å². The van der Waals surface area contributed by atoms with Gasteiger partial charge in [0.25, 0.3) is 0 Å². The number of hydrogen-bond acceptors (Lipinski definition) is 5. The van der Waals surface area contributed by atoms with Crippen molar-refractivity contribution >= 4 is 39.8 Å². The molecule has 5 rings (SSSR count). The van der Waals surface area contributed by atoms with Crippen LogP contribution in [0.1, 0.15) is 29.1 Å². The Morgan fingerprint density at radius 1 is 1.07 bits per heavy atom. The molecule has 0 fully saturated rings. The Kier molecular flexibility index (Phi) is 7.92. The number of thiazole rings is 1. The zero-order valence-electron chi connectivity index (χ0n) is 21.3. The maximum Gasteiger partial charge on any atom is 0.416 e. The van der Waals surface area contributed by atoms with Gasteiger partial charge in [-0.25, -0.2) is 14.2 Å². The standard InChI is InChI=1S/C29H21ClF4N2O4S/c1-16(28(37)38)36-12-11-18-13-20(9-10-24(18)36)39-15-25-23(14-40-26-21(30)3-2-4-22(26)31)35-27(41-25)17-5-7-19(8-6-17)29(32,33)34/h2-13,16H,14-15H2,1H3,(H,37,38)/t16-/m0/s1. The Balaban J connectivity index is 1.41. The highest BCUT2D eigenvalue weighted by Gasteiger charge is 2.30. The number of hydrogen-bond donors (Lipinski definition) is 1. The zero-order valence-corrected chi connectivity index (χ0v) is 22.9. The maximum absolute atomic E-state index is 14.3. The van der Waals surface area contributed by atoms with Gasteiger partial charge in [0, 0.05) is 22.7 Å². The number of benzene rings is 3. The van der Waals surface area contributed by atoms with Crippen molar-refractivity contribution in [3.63, 3.8) is 0 Å². The minimum absolute atomic E-state index is 0.0414. The average molecular weight is 605 g/mol. The van der Waals surface area contributed by atoms with E-state index in [0.29, 0.717) is 26.9 Å². The molecule has 0 saturated heterocycles. The van der Waals surface area contributed by atoms with E-state index in [2.05, 4.69) is 4.98 Å². The highest BCUT2D eigenvalue weighted by atomic mass is 35.5. The third-order valence-corrected chi connectivity index (χ3v) is 7.76. The second kappa shape index (κ2) is 11.4. The quantitative estimate of drug-likeness (QED) is 0.171. The molecule has 0 saturated carbocycles. The Morgan fingerprint density at radius 2 is 1.83 bits per heavy atom. The molecule has 5 aromatic rings. The molecule has 41 heavy (non-hydrogen) atoms. The van der Waals surface area contributed by atoms with Crippen LogP contribution in [0.15, 0.2) is 72.9 Å². The smallest absolute Gasteiger partial charge is 0.416 e. The third kappa shape index (κ3) is 6.15. The normalized spacial score (nSPS) is 12.4. The molecule has 0 spiro atoms. The predicted octanol–water partition coefficient (Wildman–Crippen LogP) is 8.38. The van der Waals surface area contributed by atoms with Crippen LogP contribution < -0.4 is 9.47 Å². The molecule has 0 bridgehead atoms. The van der Waals surface area contributed by atoms with Gasteiger partial charge in [-0.2, -0.15) is 13.2 Å². The lowest BCUT2D eigenvalue weighted by Gasteiger charge is -2.11. The fraction of sp³-hybridized carbons (Fsp3) is 0.172. The summed E-state index contributed by atoms with van der Waals surface area (Å²) in [7, 11) is 0. The molecule has 1 atom stereocenters. The van der Waals surface area contributed by atoms with Crippen LogP contribution in [-0.2, 0) is 24.2 Å². The molecule has 0 aliphatic rings. The number of carboxylic acids is 1. The number of aromatic nitrogens is 2. The minimum atomic E-state index is -4.47. The SMILES string of the molecule is C[C@@H](C(=O)O)n1ccc2cc(OCc3sc(-c4ccc(C(F)(F)F)cc4)nc3COc3c(F)cccc3Cl)ccc21. The Labute approximate surface area is 240 Å². The van der Waals surface area contributed by atoms with Gasteiger partial charge < -0.3 is 19.1 Å². The molecule has 2 heterocycles. The largest absolute Gasteiger partial charge is 0.488 e. The fourth-order valence-corrected chi connectivity index (χ4v) is 5.33. The second-order valence-electron chi connectivity index (χ2n) is 9.05. The van der Waals surface area contributed by atoms with Crippen molar-refractivity contribution in [2.75, 3.05) is 0 Å². The van der Waals surface area contributed by atoms with E-state index in [-0.39, 0.29) is 24.0 Å². The third-order valence-electron chi connectivity index (χ3n) is 6.35. The van der Waals surface area contributed by atoms with Crippen LogP contribution in [0.5, 0.6) is 11.5 Å². The molecule has 0 radical (unpaired) electrons. The van der Waals surface area contributed by atoms with E-state index in [1.54, 1.807) is 42.0 Å². The highest BCUT2D eigenvalue weighted by molar-refractivity contribution is 7.15. The van der Waals surface area contributed by atoms with Gasteiger partial charge in [-0.05, 0) is 55.5 Å². The number of fused-ring (bicyclic) bond motifs is 1. The predicted molar refractivity (Wildman–Crippen MR) is 147 cm³/mol. The summed E-state index contributed by atoms with van der Waals surface area (Å²) in [5.74, 6) is -1.24. The summed E-state index contributed by atoms with van der Waals surface area (Å²) in [5, 5.41) is 10.6. The highest BCUT2D eigenvalue weighted by Crippen LogP contribution is 2.35. The molecule has 212 valence electrons. The molecule has 0 aliphatic carbocycles. The minimum Gasteiger partial charge on any atom is -0.488 e. The van der Waals surface area contributed by atoms with E-state index in [0.717, 1.165) is 23.0 Å². The van der Waals surface area contributed by atoms with Crippen molar-refractivity contribution in [3.05, 3.63) is 99.9 Å². The van der Waals surface area contributed by atoms with E-state index in [9.17, 15) is 27.5 Å². The number of aliphatic carboxylic acids is 1. The van der Waals surface area contributed by atoms with Crippen LogP contribution in [0.25, 0.3) is 21.5 Å². The zero-order chi connectivity index (χ0) is 29.3. The summed E-state index contributed by atoms with van der Waals surface area (Å²) in [6.45, 7) is 1.47. The maximum atomic E-state index is 14.3. The number of rotatable bonds is 9. The molecule has 1 N–H and O–H groups in total. The molecule has 0 amide bonds. The van der Waals surface area contributed by atoms with Crippen molar-refractivity contribution in [2.45, 2.75) is 32.4 Å². The first-order chi connectivity index (χ1) is 19.5. The van der Waals surface area contributed by atoms with E-state index < -0.39 is 29.6 Å². The molecule has 2 aromatic heterocycles. The van der Waals surface area contributed by atoms with Crippen LogP contribution in [0.3, 0.4) is 0 Å². The van der Waals surface area contributed by atoms with Gasteiger partial charge in [0.2, 0.25) is 0 Å². The van der Waals surface area contributed by atoms with E-state index in [1.165, 1.54) is 41.7 Å². The summed E-state index contributed by atoms with van der Waals surface area (Å²) < 4.78 is 66.7. The number of alkyl halides is 3. The summed E-state index contributed by atoms with van der Waals surface area (Å²) in [6.07, 6.45) is -2.78. The summed E-state index contributed by atoms with van der Waals surface area (Å²) in [6, 6.07) is 15.1. The Morgan fingerprint density at radius 3 is 2.51 bits per heavy atom. The van der Waals surface area contributed by atoms with Crippen molar-refractivity contribution in [3.8, 4) is 22.1 Å². The van der Waals surface area contributed by atoms with Crippen LogP contribution in [0, 0.1) is 5.82 Å². The van der Waals surface area contributed by atoms with E-state index in [1.807, 2.05) is 0 Å². The number of nitrogens with zero attached hydrogens (tertiary/aromatic N) is 2. The molecular formula is C29H21ClF4N2O4S. The number of carboxylic acid groups (broad SMARTS) is 1. The molecule has 0 aliphatic heterocycles. The van der Waals surface area contributed by atoms with Gasteiger partial charge in [-0.1, -0.05) is 29.8 Å². The number of carbonyl (C=O) groups is 1. The molecular weight excluding hydrogens is 584 g/mol. The van der Waals surface area contributed by atoms with Gasteiger partial charge in [-0.15, -0.1) is 11.3 Å².